The predicted octanol–water partition coefficient (Wildman–Crippen LogP) is 2.70. The minimum atomic E-state index is -0.947. The van der Waals surface area contributed by atoms with Crippen molar-refractivity contribution in [2.75, 3.05) is 6.79 Å². The average molecular weight is 310 g/mol. The zero-order chi connectivity index (χ0) is 15.8. The first-order valence-electron chi connectivity index (χ1n) is 7.28. The van der Waals surface area contributed by atoms with E-state index >= 15 is 0 Å². The highest BCUT2D eigenvalue weighted by Crippen LogP contribution is 2.40. The summed E-state index contributed by atoms with van der Waals surface area (Å²) in [7, 11) is 0. The zero-order valence-electron chi connectivity index (χ0n) is 12.1. The topological polar surface area (TPSA) is 65.0 Å². The van der Waals surface area contributed by atoms with Crippen LogP contribution in [0.1, 0.15) is 27.6 Å². The van der Waals surface area contributed by atoms with Crippen molar-refractivity contribution in [3.8, 4) is 11.5 Å². The van der Waals surface area contributed by atoms with Gasteiger partial charge in [-0.05, 0) is 41.5 Å². The Hall–Kier alpha value is -2.79. The number of hydrogen-bond donors (Lipinski definition) is 1. The molecule has 5 nitrogen and oxygen atoms in total. The smallest absolute Gasteiger partial charge is 0.338 e. The van der Waals surface area contributed by atoms with Crippen LogP contribution in [0.25, 0.3) is 6.08 Å². The maximum absolute atomic E-state index is 12.1. The molecular weight excluding hydrogens is 296 g/mol. The van der Waals surface area contributed by atoms with Gasteiger partial charge in [0.2, 0.25) is 6.79 Å². The summed E-state index contributed by atoms with van der Waals surface area (Å²) >= 11 is 0. The number of carbonyl (C=O) groups is 1. The summed E-state index contributed by atoms with van der Waals surface area (Å²) in [6.07, 6.45) is 1.80. The number of esters is 1. The summed E-state index contributed by atoms with van der Waals surface area (Å²) in [6, 6.07) is 12.2. The first-order valence-corrected chi connectivity index (χ1v) is 7.28. The lowest BCUT2D eigenvalue weighted by Crippen LogP contribution is -2.26. The molecule has 4 rings (SSSR count). The second kappa shape index (κ2) is 5.44. The van der Waals surface area contributed by atoms with Gasteiger partial charge >= 0.3 is 5.97 Å². The highest BCUT2D eigenvalue weighted by molar-refractivity contribution is 5.89. The van der Waals surface area contributed by atoms with Crippen LogP contribution >= 0.6 is 0 Å². The Morgan fingerprint density at radius 2 is 1.87 bits per heavy atom. The second-order valence-corrected chi connectivity index (χ2v) is 5.37. The molecule has 23 heavy (non-hydrogen) atoms. The van der Waals surface area contributed by atoms with Crippen LogP contribution in [0.5, 0.6) is 11.5 Å². The number of benzene rings is 2. The SMILES string of the molecule is O=C(O[C@H]1C=Cc2cc3c(cc2[C@@H]1O)OCO3)c1ccccc1. The van der Waals surface area contributed by atoms with Crippen molar-refractivity contribution in [3.05, 3.63) is 65.2 Å². The van der Waals surface area contributed by atoms with Gasteiger partial charge in [-0.2, -0.15) is 0 Å². The summed E-state index contributed by atoms with van der Waals surface area (Å²) in [4.78, 5) is 12.1. The molecule has 1 aliphatic carbocycles. The first kappa shape index (κ1) is 13.8. The lowest BCUT2D eigenvalue weighted by atomic mass is 9.92. The normalized spacial score (nSPS) is 20.9. The molecule has 0 bridgehead atoms. The number of aliphatic hydroxyl groups excluding tert-OH is 1. The quantitative estimate of drug-likeness (QED) is 0.864. The van der Waals surface area contributed by atoms with Crippen LogP contribution in [-0.4, -0.2) is 24.0 Å². The average Bonchev–Trinajstić information content (AvgIpc) is 3.04. The van der Waals surface area contributed by atoms with Gasteiger partial charge in [0.1, 0.15) is 6.10 Å². The molecule has 0 aromatic heterocycles. The molecule has 1 aliphatic heterocycles. The minimum Gasteiger partial charge on any atom is -0.454 e. The Balaban J connectivity index is 1.58. The molecule has 0 radical (unpaired) electrons. The van der Waals surface area contributed by atoms with Crippen LogP contribution in [0.2, 0.25) is 0 Å². The molecule has 2 aromatic rings. The third-order valence-electron chi connectivity index (χ3n) is 3.93. The summed E-state index contributed by atoms with van der Waals surface area (Å²) in [5.74, 6) is 0.773. The van der Waals surface area contributed by atoms with E-state index in [4.69, 9.17) is 14.2 Å². The van der Waals surface area contributed by atoms with Gasteiger partial charge in [0.25, 0.3) is 0 Å². The van der Waals surface area contributed by atoms with Crippen LogP contribution < -0.4 is 9.47 Å². The Morgan fingerprint density at radius 1 is 1.13 bits per heavy atom. The number of ether oxygens (including phenoxy) is 3. The van der Waals surface area contributed by atoms with Crippen LogP contribution in [0, 0.1) is 0 Å². The van der Waals surface area contributed by atoms with Crippen molar-refractivity contribution in [1.82, 2.24) is 0 Å². The molecule has 116 valence electrons. The largest absolute Gasteiger partial charge is 0.454 e. The second-order valence-electron chi connectivity index (χ2n) is 5.37. The standard InChI is InChI=1S/C18H14O5/c19-17-13-9-16-15(21-10-22-16)8-12(13)6-7-14(17)23-18(20)11-4-2-1-3-5-11/h1-9,14,17,19H,10H2/t14-,17-/m0/s1. The molecule has 2 aromatic carbocycles. The predicted molar refractivity (Wildman–Crippen MR) is 82.2 cm³/mol. The van der Waals surface area contributed by atoms with Crippen molar-refractivity contribution in [1.29, 1.82) is 0 Å². The summed E-state index contributed by atoms with van der Waals surface area (Å²) < 4.78 is 16.1. The molecule has 0 spiro atoms. The van der Waals surface area contributed by atoms with E-state index < -0.39 is 18.2 Å². The van der Waals surface area contributed by atoms with Gasteiger partial charge in [-0.15, -0.1) is 0 Å². The van der Waals surface area contributed by atoms with E-state index in [2.05, 4.69) is 0 Å². The zero-order valence-corrected chi connectivity index (χ0v) is 12.1. The Morgan fingerprint density at radius 3 is 2.65 bits per heavy atom. The third-order valence-corrected chi connectivity index (χ3v) is 3.93. The lowest BCUT2D eigenvalue weighted by molar-refractivity contribution is -0.00119. The molecule has 0 unspecified atom stereocenters. The summed E-state index contributed by atoms with van der Waals surface area (Å²) in [6.45, 7) is 0.171. The molecule has 5 heteroatoms. The maximum Gasteiger partial charge on any atom is 0.338 e. The van der Waals surface area contributed by atoms with E-state index in [0.717, 1.165) is 5.56 Å². The van der Waals surface area contributed by atoms with Crippen molar-refractivity contribution < 1.29 is 24.1 Å². The maximum atomic E-state index is 12.1. The van der Waals surface area contributed by atoms with E-state index in [1.54, 1.807) is 36.4 Å². The van der Waals surface area contributed by atoms with E-state index in [9.17, 15) is 9.90 Å². The van der Waals surface area contributed by atoms with E-state index in [1.165, 1.54) is 0 Å². The number of hydrogen-bond acceptors (Lipinski definition) is 5. The van der Waals surface area contributed by atoms with Gasteiger partial charge in [-0.1, -0.05) is 24.3 Å². The van der Waals surface area contributed by atoms with Gasteiger partial charge in [-0.25, -0.2) is 4.79 Å². The summed E-state index contributed by atoms with van der Waals surface area (Å²) in [5, 5.41) is 10.5. The monoisotopic (exact) mass is 310 g/mol. The van der Waals surface area contributed by atoms with Crippen molar-refractivity contribution in [2.24, 2.45) is 0 Å². The van der Waals surface area contributed by atoms with Gasteiger partial charge in [0, 0.05) is 0 Å². The molecule has 1 heterocycles. The van der Waals surface area contributed by atoms with Gasteiger partial charge in [-0.3, -0.25) is 0 Å². The molecule has 2 aliphatic rings. The number of carbonyl (C=O) groups excluding carboxylic acids is 1. The number of rotatable bonds is 2. The Labute approximate surface area is 132 Å². The highest BCUT2D eigenvalue weighted by Gasteiger charge is 2.30. The molecule has 0 saturated carbocycles. The fourth-order valence-corrected chi connectivity index (χ4v) is 2.72. The van der Waals surface area contributed by atoms with Crippen LogP contribution in [0.4, 0.5) is 0 Å². The fraction of sp³-hybridized carbons (Fsp3) is 0.167. The van der Waals surface area contributed by atoms with Crippen molar-refractivity contribution in [2.45, 2.75) is 12.2 Å². The molecule has 0 amide bonds. The Bertz CT molecular complexity index is 781. The number of fused-ring (bicyclic) bond motifs is 2. The van der Waals surface area contributed by atoms with Gasteiger partial charge < -0.3 is 19.3 Å². The van der Waals surface area contributed by atoms with Crippen LogP contribution in [0.3, 0.4) is 0 Å². The molecule has 2 atom stereocenters. The Kier molecular flexibility index (Phi) is 3.28. The van der Waals surface area contributed by atoms with Crippen molar-refractivity contribution >= 4 is 12.0 Å². The molecule has 1 N–H and O–H groups in total. The van der Waals surface area contributed by atoms with E-state index in [0.29, 0.717) is 22.6 Å². The molecular formula is C18H14O5. The van der Waals surface area contributed by atoms with E-state index in [1.807, 2.05) is 18.2 Å². The molecule has 0 saturated heterocycles. The third kappa shape index (κ3) is 2.45. The summed E-state index contributed by atoms with van der Waals surface area (Å²) in [5.41, 5.74) is 1.93. The minimum absolute atomic E-state index is 0.171. The number of aliphatic hydroxyl groups is 1. The lowest BCUT2D eigenvalue weighted by Gasteiger charge is -2.25. The molecule has 0 fully saturated rings. The fourth-order valence-electron chi connectivity index (χ4n) is 2.72. The van der Waals surface area contributed by atoms with Gasteiger partial charge in [0.15, 0.2) is 17.6 Å². The first-order chi connectivity index (χ1) is 11.2. The van der Waals surface area contributed by atoms with E-state index in [-0.39, 0.29) is 6.79 Å². The van der Waals surface area contributed by atoms with Gasteiger partial charge in [0.05, 0.1) is 5.56 Å². The van der Waals surface area contributed by atoms with Crippen LogP contribution in [-0.2, 0) is 4.74 Å². The van der Waals surface area contributed by atoms with Crippen LogP contribution in [0.15, 0.2) is 48.5 Å². The highest BCUT2D eigenvalue weighted by atomic mass is 16.7. The van der Waals surface area contributed by atoms with Crippen molar-refractivity contribution in [3.63, 3.8) is 0 Å².